The van der Waals surface area contributed by atoms with Crippen LogP contribution in [-0.4, -0.2) is 56.4 Å². The molecular weight excluding hydrogens is 378 g/mol. The van der Waals surface area contributed by atoms with Crippen LogP contribution in [0.25, 0.3) is 0 Å². The molecule has 0 bridgehead atoms. The topological polar surface area (TPSA) is 61.9 Å². The smallest absolute Gasteiger partial charge is 0.238 e. The summed E-state index contributed by atoms with van der Waals surface area (Å²) in [4.78, 5) is 28.2. The van der Waals surface area contributed by atoms with Gasteiger partial charge in [-0.15, -0.1) is 0 Å². The van der Waals surface area contributed by atoms with Crippen LogP contribution in [-0.2, 0) is 4.79 Å². The number of nitrogens with zero attached hydrogens (tertiary/aromatic N) is 2. The number of ether oxygens (including phenoxy) is 1. The maximum atomic E-state index is 12.4. The van der Waals surface area contributed by atoms with Crippen molar-refractivity contribution in [2.24, 2.45) is 0 Å². The van der Waals surface area contributed by atoms with Gasteiger partial charge in [0.2, 0.25) is 5.91 Å². The fourth-order valence-electron chi connectivity index (χ4n) is 3.24. The molecule has 0 spiro atoms. The van der Waals surface area contributed by atoms with Crippen LogP contribution >= 0.6 is 11.6 Å². The molecule has 1 fully saturated rings. The number of carbonyl (C=O) groups excluding carboxylic acids is 2. The highest BCUT2D eigenvalue weighted by Crippen LogP contribution is 2.27. The number of methoxy groups -OCH3 is 1. The number of benzene rings is 2. The molecule has 1 heterocycles. The number of rotatable bonds is 6. The average Bonchev–Trinajstić information content (AvgIpc) is 2.69. The number of amides is 1. The van der Waals surface area contributed by atoms with Gasteiger partial charge in [0.25, 0.3) is 0 Å². The van der Waals surface area contributed by atoms with Gasteiger partial charge in [0.1, 0.15) is 5.75 Å². The van der Waals surface area contributed by atoms with E-state index in [0.29, 0.717) is 23.0 Å². The molecule has 28 heavy (non-hydrogen) atoms. The van der Waals surface area contributed by atoms with Gasteiger partial charge in [-0.25, -0.2) is 0 Å². The number of piperazine rings is 1. The van der Waals surface area contributed by atoms with E-state index in [4.69, 9.17) is 16.3 Å². The van der Waals surface area contributed by atoms with Gasteiger partial charge in [0.15, 0.2) is 5.78 Å². The van der Waals surface area contributed by atoms with Gasteiger partial charge in [-0.05, 0) is 49.4 Å². The lowest BCUT2D eigenvalue weighted by Gasteiger charge is -2.35. The highest BCUT2D eigenvalue weighted by molar-refractivity contribution is 6.31. The third kappa shape index (κ3) is 5.03. The largest absolute Gasteiger partial charge is 0.495 e. The summed E-state index contributed by atoms with van der Waals surface area (Å²) in [6, 6.07) is 12.8. The van der Waals surface area contributed by atoms with Crippen molar-refractivity contribution in [3.63, 3.8) is 0 Å². The van der Waals surface area contributed by atoms with Crippen molar-refractivity contribution < 1.29 is 14.3 Å². The Kier molecular flexibility index (Phi) is 6.54. The van der Waals surface area contributed by atoms with Gasteiger partial charge in [-0.1, -0.05) is 11.6 Å². The fraction of sp³-hybridized carbons (Fsp3) is 0.333. The first-order valence-corrected chi connectivity index (χ1v) is 9.56. The molecule has 0 saturated carbocycles. The molecule has 0 aliphatic carbocycles. The molecule has 2 aromatic carbocycles. The maximum absolute atomic E-state index is 12.4. The number of nitrogens with one attached hydrogen (secondary N) is 1. The molecule has 1 amide bonds. The van der Waals surface area contributed by atoms with Crippen molar-refractivity contribution >= 4 is 34.7 Å². The zero-order chi connectivity index (χ0) is 20.1. The van der Waals surface area contributed by atoms with Crippen LogP contribution in [0, 0.1) is 0 Å². The quantitative estimate of drug-likeness (QED) is 0.752. The third-order valence-electron chi connectivity index (χ3n) is 4.81. The number of carbonyl (C=O) groups is 2. The average molecular weight is 402 g/mol. The molecule has 1 saturated heterocycles. The van der Waals surface area contributed by atoms with Crippen molar-refractivity contribution in [3.05, 3.63) is 53.1 Å². The zero-order valence-corrected chi connectivity index (χ0v) is 16.8. The van der Waals surface area contributed by atoms with E-state index in [0.717, 1.165) is 37.4 Å². The van der Waals surface area contributed by atoms with Crippen LogP contribution in [0.3, 0.4) is 0 Å². The van der Waals surface area contributed by atoms with Gasteiger partial charge in [0, 0.05) is 42.5 Å². The normalized spacial score (nSPS) is 14.6. The summed E-state index contributed by atoms with van der Waals surface area (Å²) in [5, 5.41) is 3.42. The number of hydrogen-bond acceptors (Lipinski definition) is 5. The number of hydrogen-bond donors (Lipinski definition) is 1. The first kappa shape index (κ1) is 20.2. The Labute approximate surface area is 170 Å². The Hall–Kier alpha value is -2.57. The first-order valence-electron chi connectivity index (χ1n) is 9.18. The number of halogens is 1. The number of Topliss-reactive ketones (excluding diaryl/α,β-unsaturated/α-hetero) is 1. The van der Waals surface area contributed by atoms with Crippen LogP contribution < -0.4 is 15.0 Å². The molecule has 1 aliphatic rings. The van der Waals surface area contributed by atoms with E-state index in [2.05, 4.69) is 15.1 Å². The zero-order valence-electron chi connectivity index (χ0n) is 16.1. The number of anilines is 2. The lowest BCUT2D eigenvalue weighted by atomic mass is 10.1. The first-order chi connectivity index (χ1) is 13.5. The summed E-state index contributed by atoms with van der Waals surface area (Å²) in [6.45, 7) is 5.11. The van der Waals surface area contributed by atoms with E-state index in [1.54, 1.807) is 32.2 Å². The lowest BCUT2D eigenvalue weighted by molar-refractivity contribution is -0.117. The summed E-state index contributed by atoms with van der Waals surface area (Å²) in [7, 11) is 1.56. The van der Waals surface area contributed by atoms with Gasteiger partial charge in [-0.3, -0.25) is 14.5 Å². The second kappa shape index (κ2) is 9.08. The monoisotopic (exact) mass is 401 g/mol. The predicted molar refractivity (Wildman–Crippen MR) is 112 cm³/mol. The van der Waals surface area contributed by atoms with E-state index >= 15 is 0 Å². The molecule has 0 aromatic heterocycles. The lowest BCUT2D eigenvalue weighted by Crippen LogP contribution is -2.48. The van der Waals surface area contributed by atoms with Crippen LogP contribution in [0.1, 0.15) is 17.3 Å². The van der Waals surface area contributed by atoms with Crippen molar-refractivity contribution in [1.82, 2.24) is 4.90 Å². The van der Waals surface area contributed by atoms with Gasteiger partial charge >= 0.3 is 0 Å². The van der Waals surface area contributed by atoms with Crippen LogP contribution in [0.5, 0.6) is 5.75 Å². The third-order valence-corrected chi connectivity index (χ3v) is 5.05. The molecule has 0 radical (unpaired) electrons. The minimum absolute atomic E-state index is 0.0683. The summed E-state index contributed by atoms with van der Waals surface area (Å²) >= 11 is 6.01. The van der Waals surface area contributed by atoms with Crippen LogP contribution in [0.2, 0.25) is 5.02 Å². The van der Waals surface area contributed by atoms with Crippen LogP contribution in [0.4, 0.5) is 11.4 Å². The van der Waals surface area contributed by atoms with Crippen LogP contribution in [0.15, 0.2) is 42.5 Å². The molecule has 2 aromatic rings. The van der Waals surface area contributed by atoms with E-state index in [-0.39, 0.29) is 11.7 Å². The molecule has 0 unspecified atom stereocenters. The molecule has 3 rings (SSSR count). The van der Waals surface area contributed by atoms with E-state index in [9.17, 15) is 9.59 Å². The summed E-state index contributed by atoms with van der Waals surface area (Å²) in [5.74, 6) is 0.551. The summed E-state index contributed by atoms with van der Waals surface area (Å²) in [6.07, 6.45) is 0. The molecule has 7 heteroatoms. The van der Waals surface area contributed by atoms with Gasteiger partial charge < -0.3 is 15.0 Å². The Bertz CT molecular complexity index is 846. The molecule has 1 N–H and O–H groups in total. The SMILES string of the molecule is COc1ccc(Cl)cc1NC(=O)CN1CCN(c2ccc(C(C)=O)cc2)CC1. The predicted octanol–water partition coefficient (Wildman–Crippen LogP) is 3.31. The minimum Gasteiger partial charge on any atom is -0.495 e. The fourth-order valence-corrected chi connectivity index (χ4v) is 3.41. The Balaban J connectivity index is 1.52. The molecular formula is C21H24ClN3O3. The summed E-state index contributed by atoms with van der Waals surface area (Å²) in [5.41, 5.74) is 2.39. The van der Waals surface area contributed by atoms with Crippen molar-refractivity contribution in [2.45, 2.75) is 6.92 Å². The Morgan fingerprint density at radius 2 is 1.75 bits per heavy atom. The van der Waals surface area contributed by atoms with Gasteiger partial charge in [0.05, 0.1) is 19.3 Å². The second-order valence-corrected chi connectivity index (χ2v) is 7.20. The molecule has 6 nitrogen and oxygen atoms in total. The Morgan fingerprint density at radius 3 is 2.36 bits per heavy atom. The number of ketones is 1. The van der Waals surface area contributed by atoms with E-state index in [1.165, 1.54) is 0 Å². The standard InChI is InChI=1S/C21H24ClN3O3/c1-15(26)16-3-6-18(7-4-16)25-11-9-24(10-12-25)14-21(27)23-19-13-17(22)5-8-20(19)28-2/h3-8,13H,9-12,14H2,1-2H3,(H,23,27). The van der Waals surface area contributed by atoms with Crippen molar-refractivity contribution in [3.8, 4) is 5.75 Å². The maximum Gasteiger partial charge on any atom is 0.238 e. The van der Waals surface area contributed by atoms with Gasteiger partial charge in [-0.2, -0.15) is 0 Å². The Morgan fingerprint density at radius 1 is 1.07 bits per heavy atom. The van der Waals surface area contributed by atoms with Crippen molar-refractivity contribution in [1.29, 1.82) is 0 Å². The summed E-state index contributed by atoms with van der Waals surface area (Å²) < 4.78 is 5.26. The van der Waals surface area contributed by atoms with Crippen molar-refractivity contribution in [2.75, 3.05) is 50.1 Å². The molecule has 148 valence electrons. The molecule has 1 aliphatic heterocycles. The molecule has 0 atom stereocenters. The highest BCUT2D eigenvalue weighted by atomic mass is 35.5. The highest BCUT2D eigenvalue weighted by Gasteiger charge is 2.20. The second-order valence-electron chi connectivity index (χ2n) is 6.76. The van der Waals surface area contributed by atoms with E-state index < -0.39 is 0 Å². The minimum atomic E-state index is -0.0974. The van der Waals surface area contributed by atoms with E-state index in [1.807, 2.05) is 24.3 Å².